The lowest BCUT2D eigenvalue weighted by Gasteiger charge is -2.15. The number of hydrogen-bond acceptors (Lipinski definition) is 4. The monoisotopic (exact) mass is 321 g/mol. The molecule has 1 aromatic carbocycles. The van der Waals surface area contributed by atoms with Crippen molar-refractivity contribution < 1.29 is 9.32 Å². The van der Waals surface area contributed by atoms with Crippen molar-refractivity contribution in [1.29, 1.82) is 0 Å². The minimum absolute atomic E-state index is 0.107. The van der Waals surface area contributed by atoms with Crippen molar-refractivity contribution in [1.82, 2.24) is 10.5 Å². The quantitative estimate of drug-likeness (QED) is 0.920. The van der Waals surface area contributed by atoms with Gasteiger partial charge in [-0.15, -0.1) is 0 Å². The summed E-state index contributed by atoms with van der Waals surface area (Å²) in [4.78, 5) is 14.1. The Bertz CT molecular complexity index is 661. The number of aryl methyl sites for hydroxylation is 2. The van der Waals surface area contributed by atoms with Gasteiger partial charge >= 0.3 is 0 Å². The number of anilines is 1. The number of aromatic nitrogens is 1. The average Bonchev–Trinajstić information content (AvgIpc) is 2.77. The second kappa shape index (κ2) is 6.83. The summed E-state index contributed by atoms with van der Waals surface area (Å²) in [6.45, 7) is 4.29. The van der Waals surface area contributed by atoms with Gasteiger partial charge in [0.25, 0.3) is 0 Å². The molecule has 0 saturated carbocycles. The van der Waals surface area contributed by atoms with Gasteiger partial charge in [0.05, 0.1) is 12.1 Å². The van der Waals surface area contributed by atoms with Crippen LogP contribution in [0, 0.1) is 13.8 Å². The van der Waals surface area contributed by atoms with Gasteiger partial charge in [0.1, 0.15) is 0 Å². The Hall–Kier alpha value is -2.01. The number of carbonyl (C=O) groups is 1. The lowest BCUT2D eigenvalue weighted by molar-refractivity contribution is -0.120. The second-order valence-corrected chi connectivity index (χ2v) is 5.82. The molecule has 0 saturated heterocycles. The average molecular weight is 322 g/mol. The van der Waals surface area contributed by atoms with E-state index < -0.39 is 0 Å². The maximum absolute atomic E-state index is 12.0. The normalized spacial score (nSPS) is 10.6. The van der Waals surface area contributed by atoms with Crippen LogP contribution in [0.15, 0.2) is 22.7 Å². The molecule has 2 rings (SSSR count). The van der Waals surface area contributed by atoms with Gasteiger partial charge < -0.3 is 14.7 Å². The molecule has 0 radical (unpaired) electrons. The predicted molar refractivity (Wildman–Crippen MR) is 87.3 cm³/mol. The van der Waals surface area contributed by atoms with Crippen LogP contribution in [0.4, 0.5) is 5.69 Å². The van der Waals surface area contributed by atoms with Crippen molar-refractivity contribution in [2.45, 2.75) is 26.8 Å². The van der Waals surface area contributed by atoms with E-state index in [1.54, 1.807) is 6.92 Å². The van der Waals surface area contributed by atoms with Crippen molar-refractivity contribution in [2.24, 2.45) is 0 Å². The summed E-state index contributed by atoms with van der Waals surface area (Å²) in [5.74, 6) is -0.107. The highest BCUT2D eigenvalue weighted by atomic mass is 35.5. The minimum Gasteiger partial charge on any atom is -0.378 e. The van der Waals surface area contributed by atoms with Crippen molar-refractivity contribution >= 4 is 23.2 Å². The molecule has 0 aliphatic carbocycles. The zero-order valence-electron chi connectivity index (χ0n) is 13.2. The maximum Gasteiger partial charge on any atom is 0.229 e. The Morgan fingerprint density at radius 3 is 2.64 bits per heavy atom. The zero-order chi connectivity index (χ0) is 16.3. The van der Waals surface area contributed by atoms with E-state index in [1.807, 2.05) is 38.1 Å². The summed E-state index contributed by atoms with van der Waals surface area (Å²) in [6.07, 6.45) is 0.170. The number of rotatable bonds is 5. The molecular weight excluding hydrogens is 302 g/mol. The molecule has 0 atom stereocenters. The van der Waals surface area contributed by atoms with Gasteiger partial charge in [0.15, 0.2) is 0 Å². The molecule has 0 unspecified atom stereocenters. The van der Waals surface area contributed by atoms with E-state index in [4.69, 9.17) is 16.1 Å². The summed E-state index contributed by atoms with van der Waals surface area (Å²) in [6, 6.07) is 6.17. The van der Waals surface area contributed by atoms with Crippen LogP contribution < -0.4 is 10.2 Å². The maximum atomic E-state index is 12.0. The first-order chi connectivity index (χ1) is 10.4. The van der Waals surface area contributed by atoms with Gasteiger partial charge in [-0.25, -0.2) is 0 Å². The van der Waals surface area contributed by atoms with E-state index in [2.05, 4.69) is 16.5 Å². The van der Waals surface area contributed by atoms with Crippen molar-refractivity contribution in [3.8, 4) is 0 Å². The van der Waals surface area contributed by atoms with E-state index in [-0.39, 0.29) is 17.5 Å². The zero-order valence-corrected chi connectivity index (χ0v) is 14.0. The van der Waals surface area contributed by atoms with Crippen molar-refractivity contribution in [3.05, 3.63) is 45.8 Å². The summed E-state index contributed by atoms with van der Waals surface area (Å²) in [5, 5.41) is 6.82. The fourth-order valence-corrected chi connectivity index (χ4v) is 2.37. The van der Waals surface area contributed by atoms with Gasteiger partial charge in [-0.3, -0.25) is 4.79 Å². The Balaban J connectivity index is 1.97. The van der Waals surface area contributed by atoms with Gasteiger partial charge in [0, 0.05) is 31.9 Å². The number of hydrogen-bond donors (Lipinski definition) is 1. The van der Waals surface area contributed by atoms with Gasteiger partial charge in [-0.1, -0.05) is 11.2 Å². The van der Waals surface area contributed by atoms with Crippen molar-refractivity contribution in [3.63, 3.8) is 0 Å². The van der Waals surface area contributed by atoms with Gasteiger partial charge in [-0.05, 0) is 48.7 Å². The van der Waals surface area contributed by atoms with Crippen LogP contribution in [-0.4, -0.2) is 25.2 Å². The van der Waals surface area contributed by atoms with Crippen LogP contribution in [0.25, 0.3) is 0 Å². The molecule has 1 aromatic heterocycles. The lowest BCUT2D eigenvalue weighted by Crippen LogP contribution is -2.25. The Morgan fingerprint density at radius 1 is 1.36 bits per heavy atom. The number of nitrogens with one attached hydrogen (secondary N) is 1. The van der Waals surface area contributed by atoms with Crippen LogP contribution in [0.1, 0.15) is 22.4 Å². The molecule has 1 heterocycles. The number of carbonyl (C=O) groups excluding carboxylic acids is 1. The molecule has 6 heteroatoms. The number of nitrogens with zero attached hydrogens (tertiary/aromatic N) is 2. The van der Waals surface area contributed by atoms with Crippen LogP contribution in [-0.2, 0) is 17.8 Å². The van der Waals surface area contributed by atoms with Crippen LogP contribution in [0.3, 0.4) is 0 Å². The Morgan fingerprint density at radius 2 is 2.09 bits per heavy atom. The fourth-order valence-electron chi connectivity index (χ4n) is 2.13. The Labute approximate surface area is 135 Å². The third kappa shape index (κ3) is 3.80. The second-order valence-electron chi connectivity index (χ2n) is 5.48. The SMILES string of the molecule is Cc1cc(N(C)C)ccc1CNC(=O)Cc1c(C)noc1Cl. The molecule has 0 fully saturated rings. The highest BCUT2D eigenvalue weighted by molar-refractivity contribution is 6.29. The van der Waals surface area contributed by atoms with E-state index in [1.165, 1.54) is 0 Å². The molecule has 1 N–H and O–H groups in total. The molecule has 22 heavy (non-hydrogen) atoms. The van der Waals surface area contributed by atoms with E-state index in [9.17, 15) is 4.79 Å². The van der Waals surface area contributed by atoms with Crippen LogP contribution in [0.2, 0.25) is 5.22 Å². The number of amides is 1. The van der Waals surface area contributed by atoms with Crippen molar-refractivity contribution in [2.75, 3.05) is 19.0 Å². The molecule has 2 aromatic rings. The highest BCUT2D eigenvalue weighted by Gasteiger charge is 2.14. The number of benzene rings is 1. The van der Waals surface area contributed by atoms with Crippen LogP contribution >= 0.6 is 11.6 Å². The topological polar surface area (TPSA) is 58.4 Å². The van der Waals surface area contributed by atoms with Gasteiger partial charge in [0.2, 0.25) is 11.1 Å². The largest absolute Gasteiger partial charge is 0.378 e. The molecule has 118 valence electrons. The number of halogens is 1. The molecule has 0 aliphatic rings. The molecule has 0 bridgehead atoms. The standard InChI is InChI=1S/C16H20ClN3O2/c1-10-7-13(20(3)4)6-5-12(10)9-18-15(21)8-14-11(2)19-22-16(14)17/h5-7H,8-9H2,1-4H3,(H,18,21). The molecule has 0 aliphatic heterocycles. The summed E-state index contributed by atoms with van der Waals surface area (Å²) < 4.78 is 4.84. The third-order valence-electron chi connectivity index (χ3n) is 3.59. The van der Waals surface area contributed by atoms with E-state index in [0.717, 1.165) is 16.8 Å². The predicted octanol–water partition coefficient (Wildman–Crippen LogP) is 2.87. The molecule has 5 nitrogen and oxygen atoms in total. The first kappa shape index (κ1) is 16.4. The third-order valence-corrected chi connectivity index (χ3v) is 3.89. The summed E-state index contributed by atoms with van der Waals surface area (Å²) in [5.41, 5.74) is 4.66. The van der Waals surface area contributed by atoms with E-state index in [0.29, 0.717) is 17.8 Å². The summed E-state index contributed by atoms with van der Waals surface area (Å²) in [7, 11) is 4.00. The molecule has 1 amide bonds. The minimum atomic E-state index is -0.107. The smallest absolute Gasteiger partial charge is 0.229 e. The summed E-state index contributed by atoms with van der Waals surface area (Å²) >= 11 is 5.86. The fraction of sp³-hybridized carbons (Fsp3) is 0.375. The van der Waals surface area contributed by atoms with Gasteiger partial charge in [-0.2, -0.15) is 0 Å². The lowest BCUT2D eigenvalue weighted by atomic mass is 10.1. The Kier molecular flexibility index (Phi) is 5.08. The molecule has 0 spiro atoms. The molecular formula is C16H20ClN3O2. The first-order valence-electron chi connectivity index (χ1n) is 7.02. The first-order valence-corrected chi connectivity index (χ1v) is 7.40. The van der Waals surface area contributed by atoms with E-state index >= 15 is 0 Å². The highest BCUT2D eigenvalue weighted by Crippen LogP contribution is 2.20. The van der Waals surface area contributed by atoms with Crippen LogP contribution in [0.5, 0.6) is 0 Å².